The first-order valence-corrected chi connectivity index (χ1v) is 11.2. The van der Waals surface area contributed by atoms with Gasteiger partial charge in [0.15, 0.2) is 5.13 Å². The molecule has 4 heterocycles. The van der Waals surface area contributed by atoms with E-state index >= 15 is 0 Å². The van der Waals surface area contributed by atoms with Gasteiger partial charge in [0, 0.05) is 48.6 Å². The number of piperazine rings is 1. The molecule has 1 aromatic carbocycles. The molecule has 1 fully saturated rings. The standard InChI is InChI=1S/C22H23N7O2S/c1-12-10-29(11-13(2)25-12)17-7-6-14(18-15(17)9-24-21(27-18)31-3)19(30)28-22-26-16-5-4-8-23-20(16)32-22/h4-9,12-13,25H,10-11H2,1-3H3,(H,26,28,30)/t12-,13-/m0/s1. The zero-order valence-electron chi connectivity index (χ0n) is 18.0. The summed E-state index contributed by atoms with van der Waals surface area (Å²) in [6, 6.07) is 8.38. The van der Waals surface area contributed by atoms with Gasteiger partial charge in [-0.3, -0.25) is 10.1 Å². The summed E-state index contributed by atoms with van der Waals surface area (Å²) in [6.07, 6.45) is 3.44. The van der Waals surface area contributed by atoms with Crippen LogP contribution in [0.3, 0.4) is 0 Å². The van der Waals surface area contributed by atoms with E-state index in [0.29, 0.717) is 28.3 Å². The van der Waals surface area contributed by atoms with Crippen molar-refractivity contribution in [1.82, 2.24) is 25.3 Å². The highest BCUT2D eigenvalue weighted by molar-refractivity contribution is 7.21. The molecule has 0 aliphatic carbocycles. The Bertz CT molecular complexity index is 1270. The molecule has 3 aromatic heterocycles. The third kappa shape index (κ3) is 3.82. The Kier molecular flexibility index (Phi) is 5.32. The molecule has 5 rings (SSSR count). The molecule has 10 heteroatoms. The van der Waals surface area contributed by atoms with E-state index in [1.165, 1.54) is 18.4 Å². The van der Waals surface area contributed by atoms with Gasteiger partial charge in [0.1, 0.15) is 10.3 Å². The second-order valence-electron chi connectivity index (χ2n) is 7.93. The van der Waals surface area contributed by atoms with Crippen molar-refractivity contribution >= 4 is 49.3 Å². The molecule has 164 valence electrons. The molecule has 0 bridgehead atoms. The van der Waals surface area contributed by atoms with E-state index < -0.39 is 0 Å². The average molecular weight is 450 g/mol. The van der Waals surface area contributed by atoms with Crippen LogP contribution >= 0.6 is 11.3 Å². The van der Waals surface area contributed by atoms with Crippen molar-refractivity contribution in [3.05, 3.63) is 42.2 Å². The van der Waals surface area contributed by atoms with Gasteiger partial charge in [-0.15, -0.1) is 0 Å². The summed E-state index contributed by atoms with van der Waals surface area (Å²) in [4.78, 5) is 33.9. The number of nitrogens with zero attached hydrogens (tertiary/aromatic N) is 5. The molecular weight excluding hydrogens is 426 g/mol. The van der Waals surface area contributed by atoms with Crippen molar-refractivity contribution < 1.29 is 9.53 Å². The second kappa shape index (κ2) is 8.29. The minimum absolute atomic E-state index is 0.218. The third-order valence-corrected chi connectivity index (χ3v) is 6.31. The summed E-state index contributed by atoms with van der Waals surface area (Å²) >= 11 is 1.33. The second-order valence-corrected chi connectivity index (χ2v) is 8.90. The first-order valence-electron chi connectivity index (χ1n) is 10.4. The number of nitrogens with one attached hydrogen (secondary N) is 2. The number of hydrogen-bond acceptors (Lipinski definition) is 9. The van der Waals surface area contributed by atoms with E-state index in [4.69, 9.17) is 4.74 Å². The highest BCUT2D eigenvalue weighted by atomic mass is 32.1. The predicted octanol–water partition coefficient (Wildman–Crippen LogP) is 3.08. The fourth-order valence-corrected chi connectivity index (χ4v) is 4.96. The van der Waals surface area contributed by atoms with Crippen LogP contribution in [0.1, 0.15) is 24.2 Å². The summed E-state index contributed by atoms with van der Waals surface area (Å²) in [5.74, 6) is -0.289. The quantitative estimate of drug-likeness (QED) is 0.490. The average Bonchev–Trinajstić information content (AvgIpc) is 3.19. The summed E-state index contributed by atoms with van der Waals surface area (Å²) in [6.45, 7) is 6.05. The van der Waals surface area contributed by atoms with E-state index in [-0.39, 0.29) is 11.9 Å². The molecule has 9 nitrogen and oxygen atoms in total. The molecule has 0 spiro atoms. The SMILES string of the molecule is COc1ncc2c(N3C[C@H](C)N[C@@H](C)C3)ccc(C(=O)Nc3nc4cccnc4s3)c2n1. The number of anilines is 2. The minimum Gasteiger partial charge on any atom is -0.467 e. The largest absolute Gasteiger partial charge is 0.467 e. The molecular formula is C22H23N7O2S. The maximum absolute atomic E-state index is 13.2. The molecule has 32 heavy (non-hydrogen) atoms. The van der Waals surface area contributed by atoms with Gasteiger partial charge in [0.25, 0.3) is 5.91 Å². The number of pyridine rings is 1. The van der Waals surface area contributed by atoms with Crippen LogP contribution in [-0.2, 0) is 0 Å². The number of rotatable bonds is 4. The van der Waals surface area contributed by atoms with Crippen LogP contribution in [0.15, 0.2) is 36.7 Å². The van der Waals surface area contributed by atoms with Crippen LogP contribution < -0.4 is 20.3 Å². The lowest BCUT2D eigenvalue weighted by molar-refractivity contribution is 0.102. The molecule has 1 amide bonds. The van der Waals surface area contributed by atoms with Gasteiger partial charge in [0.05, 0.1) is 18.2 Å². The molecule has 2 N–H and O–H groups in total. The number of fused-ring (bicyclic) bond motifs is 2. The maximum Gasteiger partial charge on any atom is 0.316 e. The van der Waals surface area contributed by atoms with Gasteiger partial charge in [-0.05, 0) is 38.1 Å². The van der Waals surface area contributed by atoms with Crippen LogP contribution in [0.5, 0.6) is 6.01 Å². The Labute approximate surface area is 188 Å². The smallest absolute Gasteiger partial charge is 0.316 e. The maximum atomic E-state index is 13.2. The third-order valence-electron chi connectivity index (χ3n) is 5.42. The monoisotopic (exact) mass is 449 g/mol. The first-order chi connectivity index (χ1) is 15.5. The number of aromatic nitrogens is 4. The topological polar surface area (TPSA) is 105 Å². The summed E-state index contributed by atoms with van der Waals surface area (Å²) in [5.41, 5.74) is 2.74. The molecule has 1 saturated heterocycles. The number of benzene rings is 1. The molecule has 2 atom stereocenters. The van der Waals surface area contributed by atoms with Crippen molar-refractivity contribution in [3.63, 3.8) is 0 Å². The van der Waals surface area contributed by atoms with Gasteiger partial charge in [-0.1, -0.05) is 11.3 Å². The molecule has 0 saturated carbocycles. The van der Waals surface area contributed by atoms with Crippen molar-refractivity contribution in [3.8, 4) is 6.01 Å². The van der Waals surface area contributed by atoms with Gasteiger partial charge >= 0.3 is 6.01 Å². The number of methoxy groups -OCH3 is 1. The van der Waals surface area contributed by atoms with Gasteiger partial charge in [0.2, 0.25) is 0 Å². The molecule has 1 aliphatic heterocycles. The van der Waals surface area contributed by atoms with E-state index in [1.54, 1.807) is 12.4 Å². The lowest BCUT2D eigenvalue weighted by Crippen LogP contribution is -2.54. The van der Waals surface area contributed by atoms with Crippen molar-refractivity contribution in [2.75, 3.05) is 30.4 Å². The first kappa shape index (κ1) is 20.5. The van der Waals surface area contributed by atoms with Gasteiger partial charge in [-0.2, -0.15) is 4.98 Å². The Morgan fingerprint density at radius 1 is 1.19 bits per heavy atom. The van der Waals surface area contributed by atoms with E-state index in [2.05, 4.69) is 49.3 Å². The normalized spacial score (nSPS) is 18.8. The summed E-state index contributed by atoms with van der Waals surface area (Å²) in [5, 5.41) is 7.74. The zero-order valence-corrected chi connectivity index (χ0v) is 18.8. The molecule has 0 unspecified atom stereocenters. The van der Waals surface area contributed by atoms with Crippen molar-refractivity contribution in [2.24, 2.45) is 0 Å². The van der Waals surface area contributed by atoms with Crippen LogP contribution in [0, 0.1) is 0 Å². The van der Waals surface area contributed by atoms with Crippen LogP contribution in [0.25, 0.3) is 21.3 Å². The van der Waals surface area contributed by atoms with Crippen LogP contribution in [-0.4, -0.2) is 58.1 Å². The number of thiazole rings is 1. The summed E-state index contributed by atoms with van der Waals surface area (Å²) in [7, 11) is 1.51. The Morgan fingerprint density at radius 3 is 2.75 bits per heavy atom. The molecule has 1 aliphatic rings. The molecule has 4 aromatic rings. The highest BCUT2D eigenvalue weighted by Gasteiger charge is 2.25. The van der Waals surface area contributed by atoms with Crippen LogP contribution in [0.2, 0.25) is 0 Å². The van der Waals surface area contributed by atoms with E-state index in [9.17, 15) is 4.79 Å². The molecule has 0 radical (unpaired) electrons. The van der Waals surface area contributed by atoms with Crippen LogP contribution in [0.4, 0.5) is 10.8 Å². The fourth-order valence-electron chi connectivity index (χ4n) is 4.16. The number of carbonyl (C=O) groups excluding carboxylic acids is 1. The van der Waals surface area contributed by atoms with E-state index in [0.717, 1.165) is 34.5 Å². The Hall–Kier alpha value is -3.37. The number of carbonyl (C=O) groups is 1. The number of ether oxygens (including phenoxy) is 1. The number of hydrogen-bond donors (Lipinski definition) is 2. The van der Waals surface area contributed by atoms with Crippen molar-refractivity contribution in [2.45, 2.75) is 25.9 Å². The van der Waals surface area contributed by atoms with Gasteiger partial charge in [-0.25, -0.2) is 15.0 Å². The van der Waals surface area contributed by atoms with Crippen molar-refractivity contribution in [1.29, 1.82) is 0 Å². The van der Waals surface area contributed by atoms with E-state index in [1.807, 2.05) is 24.3 Å². The Morgan fingerprint density at radius 2 is 2.00 bits per heavy atom. The minimum atomic E-state index is -0.289. The highest BCUT2D eigenvalue weighted by Crippen LogP contribution is 2.31. The lowest BCUT2D eigenvalue weighted by Gasteiger charge is -2.38. The Balaban J connectivity index is 1.54. The number of amides is 1. The summed E-state index contributed by atoms with van der Waals surface area (Å²) < 4.78 is 5.24. The fraction of sp³-hybridized carbons (Fsp3) is 0.318. The lowest BCUT2D eigenvalue weighted by atomic mass is 10.0. The van der Waals surface area contributed by atoms with Gasteiger partial charge < -0.3 is 15.0 Å². The zero-order chi connectivity index (χ0) is 22.2. The predicted molar refractivity (Wildman–Crippen MR) is 126 cm³/mol.